The molecule has 0 unspecified atom stereocenters. The van der Waals surface area contributed by atoms with E-state index in [9.17, 15) is 9.59 Å². The lowest BCUT2D eigenvalue weighted by Gasteiger charge is -2.19. The Kier molecular flexibility index (Phi) is 10.8. The van der Waals surface area contributed by atoms with Crippen molar-refractivity contribution in [2.45, 2.75) is 60.0 Å². The summed E-state index contributed by atoms with van der Waals surface area (Å²) in [5.74, 6) is 0.424. The van der Waals surface area contributed by atoms with E-state index in [2.05, 4.69) is 10.3 Å². The van der Waals surface area contributed by atoms with Crippen molar-refractivity contribution in [3.63, 3.8) is 0 Å². The number of aromatic nitrogens is 1. The van der Waals surface area contributed by atoms with E-state index in [-0.39, 0.29) is 18.3 Å². The number of rotatable bonds is 13. The highest BCUT2D eigenvalue weighted by Crippen LogP contribution is 2.23. The monoisotopic (exact) mass is 456 g/mol. The van der Waals surface area contributed by atoms with Gasteiger partial charge in [-0.05, 0) is 43.4 Å². The number of unbranched alkanes of at least 4 members (excludes halogenated alkanes) is 1. The molecule has 0 saturated heterocycles. The van der Waals surface area contributed by atoms with Crippen molar-refractivity contribution in [1.29, 1.82) is 0 Å². The lowest BCUT2D eigenvalue weighted by atomic mass is 9.95. The van der Waals surface area contributed by atoms with Gasteiger partial charge in [0.15, 0.2) is 0 Å². The number of aryl methyl sites for hydroxylation is 1. The number of esters is 1. The first-order valence-electron chi connectivity index (χ1n) is 11.5. The van der Waals surface area contributed by atoms with Gasteiger partial charge in [0.1, 0.15) is 5.82 Å². The molecule has 2 aromatic rings. The minimum absolute atomic E-state index is 0.153. The molecule has 0 atom stereocenters. The summed E-state index contributed by atoms with van der Waals surface area (Å²) in [7, 11) is 0. The number of hydrogen-bond acceptors (Lipinski definition) is 6. The second kappa shape index (κ2) is 13.6. The molecule has 1 aromatic heterocycles. The predicted molar refractivity (Wildman–Crippen MR) is 128 cm³/mol. The Hall–Kier alpha value is -2.93. The summed E-state index contributed by atoms with van der Waals surface area (Å²) in [6.45, 7) is 9.38. The van der Waals surface area contributed by atoms with Crippen molar-refractivity contribution in [2.75, 3.05) is 25.1 Å². The fourth-order valence-electron chi connectivity index (χ4n) is 2.87. The zero-order valence-electron chi connectivity index (χ0n) is 20.2. The summed E-state index contributed by atoms with van der Waals surface area (Å²) in [4.78, 5) is 28.7. The van der Waals surface area contributed by atoms with Crippen LogP contribution in [0.4, 0.5) is 5.82 Å². The Bertz CT molecular complexity index is 878. The zero-order valence-corrected chi connectivity index (χ0v) is 20.2. The smallest absolute Gasteiger partial charge is 0.306 e. The SMILES string of the molecule is CCOC(=O)CCc1ccc(OCCCCOCc2ccccc2)nc1NC(=O)C(C)(C)C. The number of anilines is 1. The van der Waals surface area contributed by atoms with Gasteiger partial charge in [-0.15, -0.1) is 0 Å². The third-order valence-electron chi connectivity index (χ3n) is 4.81. The van der Waals surface area contributed by atoms with Crippen LogP contribution < -0.4 is 10.1 Å². The van der Waals surface area contributed by atoms with Crippen LogP contribution in [0.3, 0.4) is 0 Å². The van der Waals surface area contributed by atoms with E-state index in [1.54, 1.807) is 13.0 Å². The number of benzene rings is 1. The Morgan fingerprint density at radius 2 is 1.73 bits per heavy atom. The molecule has 1 N–H and O–H groups in total. The van der Waals surface area contributed by atoms with E-state index in [0.717, 1.165) is 24.0 Å². The van der Waals surface area contributed by atoms with Gasteiger partial charge in [-0.25, -0.2) is 0 Å². The van der Waals surface area contributed by atoms with Crippen molar-refractivity contribution < 1.29 is 23.8 Å². The van der Waals surface area contributed by atoms with Gasteiger partial charge < -0.3 is 19.5 Å². The van der Waals surface area contributed by atoms with E-state index in [0.29, 0.717) is 44.5 Å². The molecule has 1 amide bonds. The molecule has 1 heterocycles. The first-order valence-corrected chi connectivity index (χ1v) is 11.5. The largest absolute Gasteiger partial charge is 0.478 e. The molecule has 33 heavy (non-hydrogen) atoms. The van der Waals surface area contributed by atoms with Gasteiger partial charge in [-0.1, -0.05) is 51.1 Å². The second-order valence-corrected chi connectivity index (χ2v) is 8.76. The van der Waals surface area contributed by atoms with Crippen LogP contribution in [-0.2, 0) is 32.1 Å². The van der Waals surface area contributed by atoms with Crippen molar-refractivity contribution in [1.82, 2.24) is 4.98 Å². The van der Waals surface area contributed by atoms with Crippen LogP contribution in [0.2, 0.25) is 0 Å². The molecule has 0 aliphatic rings. The summed E-state index contributed by atoms with van der Waals surface area (Å²) < 4.78 is 16.5. The fraction of sp³-hybridized carbons (Fsp3) is 0.500. The Morgan fingerprint density at radius 3 is 2.42 bits per heavy atom. The molecule has 0 radical (unpaired) electrons. The van der Waals surface area contributed by atoms with Gasteiger partial charge in [0.25, 0.3) is 0 Å². The molecule has 0 saturated carbocycles. The molecule has 0 aliphatic carbocycles. The topological polar surface area (TPSA) is 86.8 Å². The fourth-order valence-corrected chi connectivity index (χ4v) is 2.87. The van der Waals surface area contributed by atoms with Crippen LogP contribution in [0.5, 0.6) is 5.88 Å². The van der Waals surface area contributed by atoms with Gasteiger partial charge in [0.2, 0.25) is 11.8 Å². The van der Waals surface area contributed by atoms with Crippen LogP contribution in [0.25, 0.3) is 0 Å². The zero-order chi connectivity index (χ0) is 24.1. The highest BCUT2D eigenvalue weighted by atomic mass is 16.5. The summed E-state index contributed by atoms with van der Waals surface area (Å²) in [5, 5.41) is 2.88. The molecule has 2 rings (SSSR count). The minimum atomic E-state index is -0.573. The number of hydrogen-bond donors (Lipinski definition) is 1. The number of nitrogens with one attached hydrogen (secondary N) is 1. The maximum atomic E-state index is 12.5. The van der Waals surface area contributed by atoms with Gasteiger partial charge in [-0.2, -0.15) is 4.98 Å². The Labute approximate surface area is 196 Å². The number of ether oxygens (including phenoxy) is 3. The molecule has 180 valence electrons. The summed E-state index contributed by atoms with van der Waals surface area (Å²) >= 11 is 0. The van der Waals surface area contributed by atoms with E-state index < -0.39 is 5.41 Å². The molecule has 7 nitrogen and oxygen atoms in total. The highest BCUT2D eigenvalue weighted by Gasteiger charge is 2.23. The maximum absolute atomic E-state index is 12.5. The lowest BCUT2D eigenvalue weighted by molar-refractivity contribution is -0.143. The third kappa shape index (κ3) is 10.0. The van der Waals surface area contributed by atoms with Crippen molar-refractivity contribution in [3.05, 3.63) is 53.6 Å². The number of carbonyl (C=O) groups excluding carboxylic acids is 2. The molecule has 7 heteroatoms. The van der Waals surface area contributed by atoms with E-state index >= 15 is 0 Å². The standard InChI is InChI=1S/C26H36N2O5/c1-5-32-23(29)16-14-21-13-15-22(27-24(21)28-25(30)26(2,3)4)33-18-10-9-17-31-19-20-11-7-6-8-12-20/h6-8,11-13,15H,5,9-10,14,16-19H2,1-4H3,(H,27,28,30). The normalized spacial score (nSPS) is 11.2. The molecular formula is C26H36N2O5. The van der Waals surface area contributed by atoms with Crippen LogP contribution in [-0.4, -0.2) is 36.7 Å². The van der Waals surface area contributed by atoms with Crippen molar-refractivity contribution >= 4 is 17.7 Å². The average molecular weight is 457 g/mol. The van der Waals surface area contributed by atoms with Gasteiger partial charge >= 0.3 is 5.97 Å². The van der Waals surface area contributed by atoms with Crippen molar-refractivity contribution in [3.8, 4) is 5.88 Å². The predicted octanol–water partition coefficient (Wildman–Crippen LogP) is 4.94. The number of nitrogens with zero attached hydrogens (tertiary/aromatic N) is 1. The lowest BCUT2D eigenvalue weighted by Crippen LogP contribution is -2.28. The minimum Gasteiger partial charge on any atom is -0.478 e. The first-order chi connectivity index (χ1) is 15.8. The molecule has 1 aromatic carbocycles. The van der Waals surface area contributed by atoms with E-state index in [1.807, 2.05) is 57.2 Å². The third-order valence-corrected chi connectivity index (χ3v) is 4.81. The van der Waals surface area contributed by atoms with Crippen LogP contribution in [0, 0.1) is 5.41 Å². The van der Waals surface area contributed by atoms with Gasteiger partial charge in [-0.3, -0.25) is 9.59 Å². The van der Waals surface area contributed by atoms with Crippen molar-refractivity contribution in [2.24, 2.45) is 5.41 Å². The van der Waals surface area contributed by atoms with E-state index in [1.165, 1.54) is 0 Å². The van der Waals surface area contributed by atoms with E-state index in [4.69, 9.17) is 14.2 Å². The number of pyridine rings is 1. The Balaban J connectivity index is 1.86. The van der Waals surface area contributed by atoms with Crippen LogP contribution in [0.1, 0.15) is 58.1 Å². The molecule has 0 bridgehead atoms. The average Bonchev–Trinajstić information content (AvgIpc) is 2.78. The number of carbonyl (C=O) groups is 2. The molecule has 0 fully saturated rings. The van der Waals surface area contributed by atoms with Gasteiger partial charge in [0, 0.05) is 24.5 Å². The molecular weight excluding hydrogens is 420 g/mol. The quantitative estimate of drug-likeness (QED) is 0.339. The second-order valence-electron chi connectivity index (χ2n) is 8.76. The maximum Gasteiger partial charge on any atom is 0.306 e. The first kappa shape index (κ1) is 26.3. The van der Waals surface area contributed by atoms with Gasteiger partial charge in [0.05, 0.1) is 19.8 Å². The Morgan fingerprint density at radius 1 is 1.00 bits per heavy atom. The van der Waals surface area contributed by atoms with Crippen LogP contribution >= 0.6 is 0 Å². The molecule has 0 spiro atoms. The summed E-state index contributed by atoms with van der Waals surface area (Å²) in [6, 6.07) is 13.7. The highest BCUT2D eigenvalue weighted by molar-refractivity contribution is 5.94. The summed E-state index contributed by atoms with van der Waals surface area (Å²) in [5.41, 5.74) is 1.35. The summed E-state index contributed by atoms with van der Waals surface area (Å²) in [6.07, 6.45) is 2.34. The number of amides is 1. The van der Waals surface area contributed by atoms with Crippen LogP contribution in [0.15, 0.2) is 42.5 Å². The molecule has 0 aliphatic heterocycles.